The first-order valence-corrected chi connectivity index (χ1v) is 9.39. The summed E-state index contributed by atoms with van der Waals surface area (Å²) >= 11 is 0. The fourth-order valence-electron chi connectivity index (χ4n) is 3.74. The smallest absolute Gasteiger partial charge is 1.00 e. The minimum Gasteiger partial charge on any atom is -1.00 e. The molecule has 0 spiro atoms. The van der Waals surface area contributed by atoms with Crippen molar-refractivity contribution in [3.63, 3.8) is 0 Å². The fraction of sp³-hybridized carbons (Fsp3) is 0.269. The second-order valence-electron chi connectivity index (χ2n) is 7.34. The number of halogens is 2. The van der Waals surface area contributed by atoms with Gasteiger partial charge < -0.3 is 24.8 Å². The third-order valence-corrected chi connectivity index (χ3v) is 6.03. The van der Waals surface area contributed by atoms with Gasteiger partial charge in [0.15, 0.2) is 0 Å². The van der Waals surface area contributed by atoms with Crippen LogP contribution in [0.25, 0.3) is 5.57 Å². The maximum absolute atomic E-state index is 3.52. The van der Waals surface area contributed by atoms with Crippen LogP contribution in [0.2, 0.25) is 0 Å². The Hall–Kier alpha value is -1.02. The van der Waals surface area contributed by atoms with E-state index in [4.69, 9.17) is 0 Å². The van der Waals surface area contributed by atoms with Crippen molar-refractivity contribution in [3.8, 4) is 0 Å². The zero-order valence-electron chi connectivity index (χ0n) is 18.0. The van der Waals surface area contributed by atoms with Gasteiger partial charge in [-0.3, -0.25) is 0 Å². The Morgan fingerprint density at radius 1 is 0.759 bits per heavy atom. The van der Waals surface area contributed by atoms with Crippen LogP contribution in [0.1, 0.15) is 57.3 Å². The average molecular weight is 590 g/mol. The number of benzene rings is 2. The molecular formula is C26H28Cl2Hf. The quantitative estimate of drug-likeness (QED) is 0.294. The Kier molecular flexibility index (Phi) is 11.6. The largest absolute Gasteiger partial charge is 4.00 e. The van der Waals surface area contributed by atoms with Crippen LogP contribution in [0.4, 0.5) is 0 Å². The van der Waals surface area contributed by atoms with Crippen LogP contribution < -0.4 is 24.8 Å². The van der Waals surface area contributed by atoms with E-state index in [-0.39, 0.29) is 50.7 Å². The zero-order chi connectivity index (χ0) is 18.8. The van der Waals surface area contributed by atoms with Gasteiger partial charge in [0.05, 0.1) is 0 Å². The van der Waals surface area contributed by atoms with Gasteiger partial charge in [-0.2, -0.15) is 27.8 Å². The predicted molar refractivity (Wildman–Crippen MR) is 113 cm³/mol. The summed E-state index contributed by atoms with van der Waals surface area (Å²) in [5, 5.41) is 0. The summed E-state index contributed by atoms with van der Waals surface area (Å²) in [6.07, 6.45) is 3.52. The van der Waals surface area contributed by atoms with Crippen molar-refractivity contribution in [3.05, 3.63) is 105 Å². The molecule has 0 saturated carbocycles. The Morgan fingerprint density at radius 2 is 1.24 bits per heavy atom. The molecule has 0 aromatic heterocycles. The van der Waals surface area contributed by atoms with Crippen LogP contribution in [0.15, 0.2) is 54.6 Å². The second kappa shape index (κ2) is 12.0. The van der Waals surface area contributed by atoms with E-state index in [0.717, 1.165) is 0 Å². The molecule has 0 heterocycles. The molecule has 0 N–H and O–H groups in total. The van der Waals surface area contributed by atoms with Crippen LogP contribution in [-0.4, -0.2) is 0 Å². The summed E-state index contributed by atoms with van der Waals surface area (Å²) in [5.74, 6) is 0.457. The normalized spacial score (nSPS) is 13.6. The molecule has 0 amide bonds. The summed E-state index contributed by atoms with van der Waals surface area (Å²) in [5.41, 5.74) is 12.6. The van der Waals surface area contributed by atoms with Crippen LogP contribution in [-0.2, 0) is 25.8 Å². The van der Waals surface area contributed by atoms with Crippen molar-refractivity contribution in [1.29, 1.82) is 0 Å². The monoisotopic (exact) mass is 590 g/mol. The summed E-state index contributed by atoms with van der Waals surface area (Å²) in [7, 11) is 0. The van der Waals surface area contributed by atoms with Gasteiger partial charge in [-0.05, 0) is 5.92 Å². The Balaban J connectivity index is 0.000000535. The van der Waals surface area contributed by atoms with Gasteiger partial charge in [0.1, 0.15) is 0 Å². The van der Waals surface area contributed by atoms with Crippen molar-refractivity contribution < 1.29 is 50.7 Å². The molecule has 0 radical (unpaired) electrons. The molecule has 0 saturated heterocycles. The molecule has 3 aromatic rings. The van der Waals surface area contributed by atoms with Crippen LogP contribution in [0.5, 0.6) is 0 Å². The van der Waals surface area contributed by atoms with E-state index in [1.54, 1.807) is 0 Å². The van der Waals surface area contributed by atoms with E-state index < -0.39 is 0 Å². The topological polar surface area (TPSA) is 0 Å². The molecule has 0 aliphatic heterocycles. The summed E-state index contributed by atoms with van der Waals surface area (Å²) < 4.78 is 0. The van der Waals surface area contributed by atoms with E-state index >= 15 is 0 Å². The first-order valence-electron chi connectivity index (χ1n) is 9.39. The molecule has 0 fully saturated rings. The third-order valence-electron chi connectivity index (χ3n) is 6.03. The first kappa shape index (κ1) is 28.0. The van der Waals surface area contributed by atoms with Gasteiger partial charge in [0, 0.05) is 0 Å². The van der Waals surface area contributed by atoms with E-state index in [0.29, 0.717) is 5.92 Å². The van der Waals surface area contributed by atoms with E-state index in [2.05, 4.69) is 102 Å². The molecule has 150 valence electrons. The molecule has 29 heavy (non-hydrogen) atoms. The van der Waals surface area contributed by atoms with Gasteiger partial charge in [-0.1, -0.05) is 83.5 Å². The molecule has 1 atom stereocenters. The minimum absolute atomic E-state index is 0. The van der Waals surface area contributed by atoms with Crippen LogP contribution in [0, 0.1) is 40.7 Å². The van der Waals surface area contributed by atoms with Gasteiger partial charge in [-0.25, -0.2) is 0 Å². The molecule has 3 heteroatoms. The SMILES string of the molecule is CC1C(c2ccccc2)=[C-]c2ccccc21.Cc1c(C)c(C)[c-](C)c1C.[Cl-].[Cl-].[Hf+4]. The maximum atomic E-state index is 3.52. The number of allylic oxidation sites excluding steroid dienone is 1. The number of hydrogen-bond donors (Lipinski definition) is 0. The third kappa shape index (κ3) is 5.78. The molecule has 0 bridgehead atoms. The molecular weight excluding hydrogens is 562 g/mol. The van der Waals surface area contributed by atoms with Gasteiger partial charge in [0.2, 0.25) is 0 Å². The molecule has 3 aromatic carbocycles. The van der Waals surface area contributed by atoms with Crippen LogP contribution >= 0.6 is 0 Å². The van der Waals surface area contributed by atoms with E-state index in [1.165, 1.54) is 50.1 Å². The van der Waals surface area contributed by atoms with Gasteiger partial charge >= 0.3 is 25.8 Å². The second-order valence-corrected chi connectivity index (χ2v) is 7.34. The number of fused-ring (bicyclic) bond motifs is 1. The first-order chi connectivity index (χ1) is 12.4. The van der Waals surface area contributed by atoms with Crippen molar-refractivity contribution in [1.82, 2.24) is 0 Å². The summed E-state index contributed by atoms with van der Waals surface area (Å²) in [6.45, 7) is 13.2. The zero-order valence-corrected chi connectivity index (χ0v) is 23.1. The van der Waals surface area contributed by atoms with Crippen molar-refractivity contribution in [2.45, 2.75) is 47.5 Å². The molecule has 1 aliphatic rings. The van der Waals surface area contributed by atoms with Crippen molar-refractivity contribution in [2.24, 2.45) is 0 Å². The van der Waals surface area contributed by atoms with Crippen molar-refractivity contribution >= 4 is 5.57 Å². The standard InChI is InChI=1S/C16H13.C10H15.2ClH.Hf/c1-12-15-10-6-5-9-14(15)11-16(12)13-7-3-2-4-8-13;1-6-7(2)9(4)10(5)8(6)3;;;/h2-10,12H,1H3;1-5H3;2*1H;/q2*-1;;;+4/p-2. The van der Waals surface area contributed by atoms with E-state index in [1.807, 2.05) is 0 Å². The average Bonchev–Trinajstić information content (AvgIpc) is 3.10. The fourth-order valence-corrected chi connectivity index (χ4v) is 3.74. The Morgan fingerprint density at radius 3 is 1.69 bits per heavy atom. The summed E-state index contributed by atoms with van der Waals surface area (Å²) in [4.78, 5) is 0. The molecule has 0 nitrogen and oxygen atoms in total. The Bertz CT molecular complexity index is 872. The summed E-state index contributed by atoms with van der Waals surface area (Å²) in [6, 6.07) is 19.0. The van der Waals surface area contributed by atoms with E-state index in [9.17, 15) is 0 Å². The molecule has 4 rings (SSSR count). The number of hydrogen-bond acceptors (Lipinski definition) is 0. The minimum atomic E-state index is 0. The van der Waals surface area contributed by atoms with Crippen LogP contribution in [0.3, 0.4) is 0 Å². The maximum Gasteiger partial charge on any atom is 4.00 e. The molecule has 1 aliphatic carbocycles. The predicted octanol–water partition coefficient (Wildman–Crippen LogP) is 0.992. The van der Waals surface area contributed by atoms with Crippen molar-refractivity contribution in [2.75, 3.05) is 0 Å². The van der Waals surface area contributed by atoms with Gasteiger partial charge in [0.25, 0.3) is 0 Å². The number of rotatable bonds is 1. The van der Waals surface area contributed by atoms with Gasteiger partial charge in [-0.15, -0.1) is 41.0 Å². The molecule has 1 unspecified atom stereocenters. The Labute approximate surface area is 207 Å².